The minimum absolute atomic E-state index is 0.00156. The van der Waals surface area contributed by atoms with Gasteiger partial charge in [-0.3, -0.25) is 9.59 Å². The van der Waals surface area contributed by atoms with Crippen LogP contribution in [-0.4, -0.2) is 35.5 Å². The van der Waals surface area contributed by atoms with E-state index in [1.54, 1.807) is 4.90 Å². The fraction of sp³-hybridized carbons (Fsp3) is 0.474. The number of benzene rings is 1. The number of hydrogen-bond acceptors (Lipinski definition) is 4. The Hall–Kier alpha value is -2.68. The van der Waals surface area contributed by atoms with Gasteiger partial charge in [-0.1, -0.05) is 18.2 Å². The smallest absolute Gasteiger partial charge is 0.236 e. The minimum atomic E-state index is -0.595. The Bertz CT molecular complexity index is 804. The molecule has 25 heavy (non-hydrogen) atoms. The Labute approximate surface area is 146 Å². The number of terminal acetylenes is 1. The SMILES string of the molecule is C#CCCC1(CCC(=O)N2CCC3(C2)C(=O)Nc2ccccc23)N=N1. The molecule has 3 aliphatic heterocycles. The fourth-order valence-corrected chi connectivity index (χ4v) is 3.93. The van der Waals surface area contributed by atoms with Crippen LogP contribution in [0.4, 0.5) is 5.69 Å². The van der Waals surface area contributed by atoms with Gasteiger partial charge >= 0.3 is 0 Å². The van der Waals surface area contributed by atoms with Gasteiger partial charge in [-0.15, -0.1) is 12.3 Å². The van der Waals surface area contributed by atoms with Crippen LogP contribution >= 0.6 is 0 Å². The third-order valence-electron chi connectivity index (χ3n) is 5.54. The van der Waals surface area contributed by atoms with E-state index in [1.807, 2.05) is 24.3 Å². The van der Waals surface area contributed by atoms with Crippen molar-refractivity contribution in [1.82, 2.24) is 4.90 Å². The van der Waals surface area contributed by atoms with E-state index in [0.717, 1.165) is 11.3 Å². The maximum Gasteiger partial charge on any atom is 0.236 e. The number of hydrogen-bond donors (Lipinski definition) is 1. The fourth-order valence-electron chi connectivity index (χ4n) is 3.93. The second kappa shape index (κ2) is 5.69. The highest BCUT2D eigenvalue weighted by molar-refractivity contribution is 6.07. The molecule has 4 rings (SSSR count). The van der Waals surface area contributed by atoms with Crippen LogP contribution < -0.4 is 5.32 Å². The summed E-state index contributed by atoms with van der Waals surface area (Å²) in [6.07, 6.45) is 8.26. The second-order valence-corrected chi connectivity index (χ2v) is 7.03. The first-order valence-corrected chi connectivity index (χ1v) is 8.65. The van der Waals surface area contributed by atoms with Crippen molar-refractivity contribution in [3.63, 3.8) is 0 Å². The molecule has 0 bridgehead atoms. The average Bonchev–Trinajstić information content (AvgIpc) is 3.16. The van der Waals surface area contributed by atoms with Crippen LogP contribution in [0.25, 0.3) is 0 Å². The molecule has 6 nitrogen and oxygen atoms in total. The summed E-state index contributed by atoms with van der Waals surface area (Å²) in [5.41, 5.74) is 0.844. The van der Waals surface area contributed by atoms with Crippen molar-refractivity contribution in [2.24, 2.45) is 10.2 Å². The molecule has 1 N–H and O–H groups in total. The quantitative estimate of drug-likeness (QED) is 0.839. The third kappa shape index (κ3) is 2.60. The van der Waals surface area contributed by atoms with E-state index >= 15 is 0 Å². The van der Waals surface area contributed by atoms with Crippen LogP contribution in [0.3, 0.4) is 0 Å². The van der Waals surface area contributed by atoms with E-state index in [0.29, 0.717) is 45.2 Å². The van der Waals surface area contributed by atoms with Gasteiger partial charge in [0.05, 0.1) is 5.41 Å². The van der Waals surface area contributed by atoms with Crippen molar-refractivity contribution in [1.29, 1.82) is 0 Å². The summed E-state index contributed by atoms with van der Waals surface area (Å²) in [4.78, 5) is 27.0. The van der Waals surface area contributed by atoms with Gasteiger partial charge in [-0.2, -0.15) is 10.2 Å². The molecule has 3 heterocycles. The van der Waals surface area contributed by atoms with Crippen LogP contribution in [-0.2, 0) is 15.0 Å². The average molecular weight is 336 g/mol. The van der Waals surface area contributed by atoms with Crippen LogP contribution in [0.15, 0.2) is 34.5 Å². The van der Waals surface area contributed by atoms with Crippen molar-refractivity contribution in [3.8, 4) is 12.3 Å². The number of nitrogens with one attached hydrogen (secondary N) is 1. The van der Waals surface area contributed by atoms with Gasteiger partial charge in [0.2, 0.25) is 11.8 Å². The molecule has 1 fully saturated rings. The summed E-state index contributed by atoms with van der Waals surface area (Å²) in [6, 6.07) is 7.75. The monoisotopic (exact) mass is 336 g/mol. The third-order valence-corrected chi connectivity index (χ3v) is 5.54. The molecular formula is C19H20N4O2. The van der Waals surface area contributed by atoms with E-state index in [-0.39, 0.29) is 11.8 Å². The number of fused-ring (bicyclic) bond motifs is 2. The van der Waals surface area contributed by atoms with Crippen molar-refractivity contribution in [2.75, 3.05) is 18.4 Å². The molecule has 1 aromatic rings. The summed E-state index contributed by atoms with van der Waals surface area (Å²) in [6.45, 7) is 1.05. The first kappa shape index (κ1) is 15.8. The summed E-state index contributed by atoms with van der Waals surface area (Å²) in [5.74, 6) is 2.66. The highest BCUT2D eigenvalue weighted by Crippen LogP contribution is 2.44. The highest BCUT2D eigenvalue weighted by Gasteiger charge is 2.52. The Morgan fingerprint density at radius 1 is 1.32 bits per heavy atom. The summed E-state index contributed by atoms with van der Waals surface area (Å²) >= 11 is 0. The number of nitrogens with zero attached hydrogens (tertiary/aromatic N) is 3. The number of amides is 2. The van der Waals surface area contributed by atoms with Gasteiger partial charge in [-0.25, -0.2) is 0 Å². The van der Waals surface area contributed by atoms with Crippen molar-refractivity contribution < 1.29 is 9.59 Å². The van der Waals surface area contributed by atoms with Crippen LogP contribution in [0.2, 0.25) is 0 Å². The Morgan fingerprint density at radius 3 is 2.88 bits per heavy atom. The predicted octanol–water partition coefficient (Wildman–Crippen LogP) is 2.46. The molecule has 2 amide bonds. The Balaban J connectivity index is 1.40. The van der Waals surface area contributed by atoms with E-state index < -0.39 is 11.1 Å². The lowest BCUT2D eigenvalue weighted by Gasteiger charge is -2.23. The van der Waals surface area contributed by atoms with Crippen LogP contribution in [0.1, 0.15) is 37.7 Å². The molecule has 0 radical (unpaired) electrons. The van der Waals surface area contributed by atoms with Gasteiger partial charge in [-0.05, 0) is 18.1 Å². The summed E-state index contributed by atoms with van der Waals surface area (Å²) in [7, 11) is 0. The van der Waals surface area contributed by atoms with E-state index in [1.165, 1.54) is 0 Å². The van der Waals surface area contributed by atoms with Gasteiger partial charge in [0, 0.05) is 44.5 Å². The first-order valence-electron chi connectivity index (χ1n) is 8.65. The largest absolute Gasteiger partial charge is 0.341 e. The van der Waals surface area contributed by atoms with Gasteiger partial charge in [0.15, 0.2) is 5.66 Å². The molecular weight excluding hydrogens is 316 g/mol. The number of carbonyl (C=O) groups is 2. The van der Waals surface area contributed by atoms with Gasteiger partial charge in [0.1, 0.15) is 0 Å². The number of carbonyl (C=O) groups excluding carboxylic acids is 2. The Morgan fingerprint density at radius 2 is 2.12 bits per heavy atom. The predicted molar refractivity (Wildman–Crippen MR) is 92.8 cm³/mol. The topological polar surface area (TPSA) is 74.1 Å². The molecule has 0 aromatic heterocycles. The van der Waals surface area contributed by atoms with Crippen LogP contribution in [0, 0.1) is 12.3 Å². The maximum absolute atomic E-state index is 12.6. The Kier molecular flexibility index (Phi) is 3.60. The minimum Gasteiger partial charge on any atom is -0.341 e. The molecule has 6 heteroatoms. The van der Waals surface area contributed by atoms with Crippen molar-refractivity contribution >= 4 is 17.5 Å². The van der Waals surface area contributed by atoms with Crippen LogP contribution in [0.5, 0.6) is 0 Å². The zero-order chi connectivity index (χ0) is 17.5. The molecule has 1 unspecified atom stereocenters. The normalized spacial score (nSPS) is 24.9. The standard InChI is InChI=1S/C19H20N4O2/c1-2-3-9-19(21-22-19)10-8-16(24)23-12-11-18(13-23)14-6-4-5-7-15(14)20-17(18)25/h1,4-7H,3,8-13H2,(H,20,25). The lowest BCUT2D eigenvalue weighted by atomic mass is 9.81. The number of likely N-dealkylation sites (tertiary alicyclic amines) is 1. The lowest BCUT2D eigenvalue weighted by molar-refractivity contribution is -0.130. The molecule has 1 aromatic carbocycles. The number of para-hydroxylation sites is 1. The van der Waals surface area contributed by atoms with Crippen molar-refractivity contribution in [3.05, 3.63) is 29.8 Å². The van der Waals surface area contributed by atoms with E-state index in [4.69, 9.17) is 6.42 Å². The zero-order valence-corrected chi connectivity index (χ0v) is 14.0. The molecule has 1 spiro atoms. The summed E-state index contributed by atoms with van der Waals surface area (Å²) < 4.78 is 0. The molecule has 1 atom stereocenters. The highest BCUT2D eigenvalue weighted by atomic mass is 16.2. The molecule has 3 aliphatic rings. The van der Waals surface area contributed by atoms with E-state index in [9.17, 15) is 9.59 Å². The van der Waals surface area contributed by atoms with Crippen molar-refractivity contribution in [2.45, 2.75) is 43.2 Å². The molecule has 128 valence electrons. The second-order valence-electron chi connectivity index (χ2n) is 7.03. The zero-order valence-electron chi connectivity index (χ0n) is 14.0. The molecule has 1 saturated heterocycles. The maximum atomic E-state index is 12.6. The van der Waals surface area contributed by atoms with E-state index in [2.05, 4.69) is 21.5 Å². The van der Waals surface area contributed by atoms with Gasteiger partial charge in [0.25, 0.3) is 0 Å². The van der Waals surface area contributed by atoms with Gasteiger partial charge < -0.3 is 10.2 Å². The first-order chi connectivity index (χ1) is 12.1. The molecule has 0 saturated carbocycles. The molecule has 0 aliphatic carbocycles. The summed E-state index contributed by atoms with van der Waals surface area (Å²) in [5, 5.41) is 11.1. The number of rotatable bonds is 5. The lowest BCUT2D eigenvalue weighted by Crippen LogP contribution is -2.39. The number of anilines is 1.